The van der Waals surface area contributed by atoms with Crippen LogP contribution in [0.15, 0.2) is 30.9 Å². The highest BCUT2D eigenvalue weighted by Crippen LogP contribution is 2.24. The van der Waals surface area contributed by atoms with Gasteiger partial charge in [0.2, 0.25) is 0 Å². The van der Waals surface area contributed by atoms with Crippen molar-refractivity contribution in [3.8, 4) is 0 Å². The molecule has 1 aliphatic heterocycles. The Morgan fingerprint density at radius 2 is 2.30 bits per heavy atom. The second-order valence-electron chi connectivity index (χ2n) is 5.49. The molecule has 23 heavy (non-hydrogen) atoms. The van der Waals surface area contributed by atoms with Crippen molar-refractivity contribution in [2.75, 3.05) is 19.8 Å². The van der Waals surface area contributed by atoms with Gasteiger partial charge in [-0.15, -0.1) is 0 Å². The first-order chi connectivity index (χ1) is 11.2. The number of rotatable bonds is 2. The van der Waals surface area contributed by atoms with Crippen LogP contribution in [0.5, 0.6) is 0 Å². The molecule has 4 rings (SSSR count). The van der Waals surface area contributed by atoms with Crippen LogP contribution in [0.3, 0.4) is 0 Å². The molecule has 4 heterocycles. The summed E-state index contributed by atoms with van der Waals surface area (Å²) in [5, 5.41) is 4.19. The molecule has 3 aromatic heterocycles. The first-order valence-corrected chi connectivity index (χ1v) is 7.42. The van der Waals surface area contributed by atoms with E-state index in [2.05, 4.69) is 20.1 Å². The molecule has 0 spiro atoms. The monoisotopic (exact) mass is 312 g/mol. The molecule has 3 aromatic rings. The molecule has 0 radical (unpaired) electrons. The molecule has 1 aliphatic rings. The number of morpholine rings is 1. The van der Waals surface area contributed by atoms with Gasteiger partial charge in [-0.25, -0.2) is 14.5 Å². The minimum atomic E-state index is -0.233. The highest BCUT2D eigenvalue weighted by Gasteiger charge is 2.32. The third-order valence-corrected chi connectivity index (χ3v) is 3.94. The quantitative estimate of drug-likeness (QED) is 0.762. The number of imidazole rings is 1. The minimum Gasteiger partial charge on any atom is -0.377 e. The van der Waals surface area contributed by atoms with E-state index in [1.165, 1.54) is 0 Å². The van der Waals surface area contributed by atoms with Crippen molar-refractivity contribution in [3.63, 3.8) is 0 Å². The SMILES string of the molecule is Cc1cnc(C2COCCN2C(=O)c2cnn3cccnc23)[nH]1. The van der Waals surface area contributed by atoms with Crippen LogP contribution in [0.2, 0.25) is 0 Å². The van der Waals surface area contributed by atoms with Gasteiger partial charge in [0.15, 0.2) is 5.65 Å². The van der Waals surface area contributed by atoms with E-state index in [4.69, 9.17) is 4.74 Å². The van der Waals surface area contributed by atoms with Gasteiger partial charge >= 0.3 is 0 Å². The molecule has 1 fully saturated rings. The Labute approximate surface area is 132 Å². The maximum absolute atomic E-state index is 13.0. The van der Waals surface area contributed by atoms with Crippen molar-refractivity contribution < 1.29 is 9.53 Å². The number of carbonyl (C=O) groups excluding carboxylic acids is 1. The van der Waals surface area contributed by atoms with Crippen molar-refractivity contribution >= 4 is 11.6 Å². The summed E-state index contributed by atoms with van der Waals surface area (Å²) in [4.78, 5) is 26.6. The predicted octanol–water partition coefficient (Wildman–Crippen LogP) is 0.975. The molecule has 1 amide bonds. The molecule has 1 atom stereocenters. The van der Waals surface area contributed by atoms with Crippen molar-refractivity contribution in [2.45, 2.75) is 13.0 Å². The number of amides is 1. The largest absolute Gasteiger partial charge is 0.377 e. The Bertz CT molecular complexity index is 854. The molecule has 1 unspecified atom stereocenters. The van der Waals surface area contributed by atoms with E-state index in [-0.39, 0.29) is 11.9 Å². The lowest BCUT2D eigenvalue weighted by Crippen LogP contribution is -2.43. The highest BCUT2D eigenvalue weighted by atomic mass is 16.5. The van der Waals surface area contributed by atoms with Crippen molar-refractivity contribution in [3.05, 3.63) is 47.9 Å². The average molecular weight is 312 g/mol. The Hall–Kier alpha value is -2.74. The van der Waals surface area contributed by atoms with E-state index in [9.17, 15) is 4.79 Å². The first kappa shape index (κ1) is 13.9. The average Bonchev–Trinajstić information content (AvgIpc) is 3.20. The Morgan fingerprint density at radius 3 is 3.13 bits per heavy atom. The fourth-order valence-electron chi connectivity index (χ4n) is 2.81. The number of nitrogens with zero attached hydrogens (tertiary/aromatic N) is 5. The molecule has 0 saturated carbocycles. The molecular weight excluding hydrogens is 296 g/mol. The van der Waals surface area contributed by atoms with Gasteiger partial charge < -0.3 is 14.6 Å². The van der Waals surface area contributed by atoms with Gasteiger partial charge in [-0.2, -0.15) is 5.10 Å². The Kier molecular flexibility index (Phi) is 3.30. The fourth-order valence-corrected chi connectivity index (χ4v) is 2.81. The number of ether oxygens (including phenoxy) is 1. The van der Waals surface area contributed by atoms with Crippen LogP contribution >= 0.6 is 0 Å². The van der Waals surface area contributed by atoms with E-state index < -0.39 is 0 Å². The zero-order valence-electron chi connectivity index (χ0n) is 12.6. The van der Waals surface area contributed by atoms with Gasteiger partial charge in [-0.05, 0) is 13.0 Å². The van der Waals surface area contributed by atoms with E-state index in [1.807, 2.05) is 6.92 Å². The molecule has 1 saturated heterocycles. The number of carbonyl (C=O) groups is 1. The number of nitrogens with one attached hydrogen (secondary N) is 1. The van der Waals surface area contributed by atoms with Crippen LogP contribution in [0.4, 0.5) is 0 Å². The van der Waals surface area contributed by atoms with Gasteiger partial charge in [0, 0.05) is 30.8 Å². The van der Waals surface area contributed by atoms with Crippen LogP contribution in [0, 0.1) is 6.92 Å². The summed E-state index contributed by atoms with van der Waals surface area (Å²) >= 11 is 0. The molecule has 1 N–H and O–H groups in total. The molecular formula is C15H16N6O2. The Morgan fingerprint density at radius 1 is 1.39 bits per heavy atom. The van der Waals surface area contributed by atoms with E-state index in [0.29, 0.717) is 31.0 Å². The van der Waals surface area contributed by atoms with Gasteiger partial charge in [-0.1, -0.05) is 0 Å². The van der Waals surface area contributed by atoms with Crippen molar-refractivity contribution in [1.29, 1.82) is 0 Å². The summed E-state index contributed by atoms with van der Waals surface area (Å²) in [6, 6.07) is 1.54. The van der Waals surface area contributed by atoms with E-state index >= 15 is 0 Å². The van der Waals surface area contributed by atoms with Crippen LogP contribution < -0.4 is 0 Å². The second-order valence-corrected chi connectivity index (χ2v) is 5.49. The fraction of sp³-hybridized carbons (Fsp3) is 0.333. The smallest absolute Gasteiger partial charge is 0.260 e. The van der Waals surface area contributed by atoms with Gasteiger partial charge in [0.25, 0.3) is 5.91 Å². The molecule has 0 aromatic carbocycles. The third kappa shape index (κ3) is 2.36. The summed E-state index contributed by atoms with van der Waals surface area (Å²) in [5.41, 5.74) is 2.00. The van der Waals surface area contributed by atoms with E-state index in [1.54, 1.807) is 40.3 Å². The molecule has 8 heteroatoms. The normalized spacial score (nSPS) is 18.5. The lowest BCUT2D eigenvalue weighted by molar-refractivity contribution is -0.00492. The molecule has 118 valence electrons. The zero-order valence-corrected chi connectivity index (χ0v) is 12.6. The summed E-state index contributed by atoms with van der Waals surface area (Å²) in [6.45, 7) is 3.37. The summed E-state index contributed by atoms with van der Waals surface area (Å²) in [5.74, 6) is 0.626. The van der Waals surface area contributed by atoms with Gasteiger partial charge in [0.1, 0.15) is 17.4 Å². The number of aryl methyl sites for hydroxylation is 1. The van der Waals surface area contributed by atoms with E-state index in [0.717, 1.165) is 11.5 Å². The Balaban J connectivity index is 1.70. The number of fused-ring (bicyclic) bond motifs is 1. The maximum atomic E-state index is 13.0. The van der Waals surface area contributed by atoms with Gasteiger partial charge in [-0.3, -0.25) is 4.79 Å². The van der Waals surface area contributed by atoms with Gasteiger partial charge in [0.05, 0.1) is 19.4 Å². The summed E-state index contributed by atoms with van der Waals surface area (Å²) in [7, 11) is 0. The van der Waals surface area contributed by atoms with Crippen LogP contribution in [-0.4, -0.2) is 55.1 Å². The number of H-pyrrole nitrogens is 1. The third-order valence-electron chi connectivity index (χ3n) is 3.94. The summed E-state index contributed by atoms with van der Waals surface area (Å²) < 4.78 is 7.14. The minimum absolute atomic E-state index is 0.110. The predicted molar refractivity (Wildman–Crippen MR) is 80.9 cm³/mol. The highest BCUT2D eigenvalue weighted by molar-refractivity contribution is 5.99. The van der Waals surface area contributed by atoms with Crippen molar-refractivity contribution in [1.82, 2.24) is 29.5 Å². The molecule has 0 aliphatic carbocycles. The lowest BCUT2D eigenvalue weighted by atomic mass is 10.1. The second kappa shape index (κ2) is 5.47. The zero-order chi connectivity index (χ0) is 15.8. The van der Waals surface area contributed by atoms with Crippen LogP contribution in [-0.2, 0) is 4.74 Å². The standard InChI is InChI=1S/C15H16N6O2/c1-10-7-17-13(19-10)12-9-23-6-5-20(12)15(22)11-8-18-21-4-2-3-16-14(11)21/h2-4,7-8,12H,5-6,9H2,1H3,(H,17,19). The maximum Gasteiger partial charge on any atom is 0.260 e. The first-order valence-electron chi connectivity index (χ1n) is 7.42. The van der Waals surface area contributed by atoms with Crippen molar-refractivity contribution in [2.24, 2.45) is 0 Å². The number of aromatic nitrogens is 5. The molecule has 8 nitrogen and oxygen atoms in total. The van der Waals surface area contributed by atoms with Crippen LogP contribution in [0.25, 0.3) is 5.65 Å². The molecule has 0 bridgehead atoms. The number of aromatic amines is 1. The summed E-state index contributed by atoms with van der Waals surface area (Å²) in [6.07, 6.45) is 6.74. The van der Waals surface area contributed by atoms with Crippen LogP contribution in [0.1, 0.15) is 27.9 Å². The number of hydrogen-bond donors (Lipinski definition) is 1. The lowest BCUT2D eigenvalue weighted by Gasteiger charge is -2.34. The number of hydrogen-bond acceptors (Lipinski definition) is 5. The topological polar surface area (TPSA) is 88.4 Å².